The zero-order chi connectivity index (χ0) is 13.5. The summed E-state index contributed by atoms with van der Waals surface area (Å²) in [6.45, 7) is 2.06. The van der Waals surface area contributed by atoms with Gasteiger partial charge < -0.3 is 0 Å². The van der Waals surface area contributed by atoms with E-state index in [4.69, 9.17) is 0 Å². The molecule has 0 aromatic heterocycles. The molecule has 2 aromatic rings. The van der Waals surface area contributed by atoms with Gasteiger partial charge in [0.1, 0.15) is 5.78 Å². The Morgan fingerprint density at radius 2 is 1.53 bits per heavy atom. The number of carbonyl (C=O) groups excluding carboxylic acids is 1. The molecule has 0 spiro atoms. The summed E-state index contributed by atoms with van der Waals surface area (Å²) in [4.78, 5) is 12.3. The van der Waals surface area contributed by atoms with E-state index in [2.05, 4.69) is 31.2 Å². The topological polar surface area (TPSA) is 17.1 Å². The Morgan fingerprint density at radius 3 is 2.11 bits per heavy atom. The van der Waals surface area contributed by atoms with Crippen molar-refractivity contribution >= 4 is 5.78 Å². The molecule has 0 aliphatic rings. The maximum absolute atomic E-state index is 12.3. The number of benzene rings is 2. The van der Waals surface area contributed by atoms with Crippen molar-refractivity contribution in [3.63, 3.8) is 0 Å². The van der Waals surface area contributed by atoms with Gasteiger partial charge in [0.05, 0.1) is 0 Å². The lowest BCUT2D eigenvalue weighted by atomic mass is 9.87. The molecule has 0 amide bonds. The van der Waals surface area contributed by atoms with Crippen molar-refractivity contribution in [3.05, 3.63) is 71.8 Å². The summed E-state index contributed by atoms with van der Waals surface area (Å²) >= 11 is 0. The fraction of sp³-hybridized carbons (Fsp3) is 0.278. The minimum atomic E-state index is -0.0106. The summed E-state index contributed by atoms with van der Waals surface area (Å²) in [5.41, 5.74) is 2.35. The third kappa shape index (κ3) is 3.78. The van der Waals surface area contributed by atoms with Crippen LogP contribution in [0.1, 0.15) is 36.8 Å². The third-order valence-electron chi connectivity index (χ3n) is 3.37. The highest BCUT2D eigenvalue weighted by Crippen LogP contribution is 2.23. The van der Waals surface area contributed by atoms with Crippen molar-refractivity contribution in [2.45, 2.75) is 32.1 Å². The van der Waals surface area contributed by atoms with Crippen molar-refractivity contribution in [3.8, 4) is 0 Å². The van der Waals surface area contributed by atoms with Gasteiger partial charge in [-0.15, -0.1) is 0 Å². The van der Waals surface area contributed by atoms with Crippen molar-refractivity contribution in [2.24, 2.45) is 0 Å². The Hall–Kier alpha value is -1.89. The molecule has 1 heteroatoms. The zero-order valence-corrected chi connectivity index (χ0v) is 11.4. The number of hydrogen-bond acceptors (Lipinski definition) is 1. The number of Topliss-reactive ketones (excluding diaryl/α,β-unsaturated/α-hetero) is 1. The molecule has 0 aliphatic heterocycles. The van der Waals surface area contributed by atoms with E-state index in [1.165, 1.54) is 5.56 Å². The van der Waals surface area contributed by atoms with Crippen LogP contribution in [0.15, 0.2) is 60.7 Å². The smallest absolute Gasteiger partial charge is 0.140 e. The molecule has 98 valence electrons. The quantitative estimate of drug-likeness (QED) is 0.745. The molecule has 0 saturated carbocycles. The number of rotatable bonds is 6. The summed E-state index contributed by atoms with van der Waals surface area (Å²) in [6.07, 6.45) is 2.37. The summed E-state index contributed by atoms with van der Waals surface area (Å²) in [7, 11) is 0. The largest absolute Gasteiger partial charge is 0.299 e. The highest BCUT2D eigenvalue weighted by molar-refractivity contribution is 5.86. The van der Waals surface area contributed by atoms with Crippen LogP contribution in [0.2, 0.25) is 0 Å². The highest BCUT2D eigenvalue weighted by atomic mass is 16.1. The van der Waals surface area contributed by atoms with Crippen molar-refractivity contribution in [1.82, 2.24) is 0 Å². The number of hydrogen-bond donors (Lipinski definition) is 0. The first-order chi connectivity index (χ1) is 9.31. The van der Waals surface area contributed by atoms with Gasteiger partial charge in [-0.25, -0.2) is 0 Å². The summed E-state index contributed by atoms with van der Waals surface area (Å²) in [5.74, 6) is 0.334. The Kier molecular flexibility index (Phi) is 4.91. The Bertz CT molecular complexity index is 502. The van der Waals surface area contributed by atoms with Gasteiger partial charge in [0.15, 0.2) is 0 Å². The maximum Gasteiger partial charge on any atom is 0.140 e. The van der Waals surface area contributed by atoms with Gasteiger partial charge in [-0.3, -0.25) is 4.79 Å². The van der Waals surface area contributed by atoms with Crippen LogP contribution in [-0.2, 0) is 11.2 Å². The average molecular weight is 252 g/mol. The maximum atomic E-state index is 12.3. The molecule has 19 heavy (non-hydrogen) atoms. The van der Waals surface area contributed by atoms with E-state index in [-0.39, 0.29) is 5.92 Å². The minimum Gasteiger partial charge on any atom is -0.299 e. The van der Waals surface area contributed by atoms with Gasteiger partial charge in [-0.1, -0.05) is 67.6 Å². The molecular weight excluding hydrogens is 232 g/mol. The fourth-order valence-electron chi connectivity index (χ4n) is 2.37. The second kappa shape index (κ2) is 6.89. The standard InChI is InChI=1S/C18H20O/c1-2-9-18(19)17(16-12-7-4-8-13-16)14-15-10-5-3-6-11-15/h3-8,10-13,17H,2,9,14H2,1H3. The monoisotopic (exact) mass is 252 g/mol. The molecule has 0 bridgehead atoms. The van der Waals surface area contributed by atoms with Gasteiger partial charge in [-0.05, 0) is 24.0 Å². The van der Waals surface area contributed by atoms with Gasteiger partial charge in [0.2, 0.25) is 0 Å². The van der Waals surface area contributed by atoms with E-state index in [1.54, 1.807) is 0 Å². The van der Waals surface area contributed by atoms with Crippen molar-refractivity contribution in [1.29, 1.82) is 0 Å². The summed E-state index contributed by atoms with van der Waals surface area (Å²) < 4.78 is 0. The Labute approximate surface area is 115 Å². The highest BCUT2D eigenvalue weighted by Gasteiger charge is 2.19. The molecule has 0 heterocycles. The van der Waals surface area contributed by atoms with Gasteiger partial charge in [0, 0.05) is 12.3 Å². The lowest BCUT2D eigenvalue weighted by molar-refractivity contribution is -0.120. The van der Waals surface area contributed by atoms with E-state index in [1.807, 2.05) is 36.4 Å². The number of ketones is 1. The first kappa shape index (κ1) is 13.5. The second-order valence-corrected chi connectivity index (χ2v) is 4.87. The number of carbonyl (C=O) groups is 1. The van der Waals surface area contributed by atoms with Gasteiger partial charge in [-0.2, -0.15) is 0 Å². The average Bonchev–Trinajstić information content (AvgIpc) is 2.47. The molecule has 2 rings (SSSR count). The predicted molar refractivity (Wildman–Crippen MR) is 79.2 cm³/mol. The summed E-state index contributed by atoms with van der Waals surface area (Å²) in [6, 6.07) is 20.4. The molecule has 0 aliphatic carbocycles. The molecular formula is C18H20O. The molecule has 2 aromatic carbocycles. The lowest BCUT2D eigenvalue weighted by Crippen LogP contribution is -2.15. The summed E-state index contributed by atoms with van der Waals surface area (Å²) in [5, 5.41) is 0. The van der Waals surface area contributed by atoms with Crippen LogP contribution in [0, 0.1) is 0 Å². The van der Waals surface area contributed by atoms with Crippen LogP contribution in [0.4, 0.5) is 0 Å². The van der Waals surface area contributed by atoms with E-state index in [9.17, 15) is 4.79 Å². The van der Waals surface area contributed by atoms with Crippen LogP contribution < -0.4 is 0 Å². The molecule has 1 unspecified atom stereocenters. The minimum absolute atomic E-state index is 0.0106. The molecule has 0 radical (unpaired) electrons. The normalized spacial score (nSPS) is 12.1. The second-order valence-electron chi connectivity index (χ2n) is 4.87. The first-order valence-corrected chi connectivity index (χ1v) is 6.93. The molecule has 1 nitrogen and oxygen atoms in total. The Morgan fingerprint density at radius 1 is 0.947 bits per heavy atom. The molecule has 1 atom stereocenters. The van der Waals surface area contributed by atoms with Crippen LogP contribution in [-0.4, -0.2) is 5.78 Å². The van der Waals surface area contributed by atoms with Gasteiger partial charge >= 0.3 is 0 Å². The predicted octanol–water partition coefficient (Wildman–Crippen LogP) is 4.38. The third-order valence-corrected chi connectivity index (χ3v) is 3.37. The van der Waals surface area contributed by atoms with Crippen molar-refractivity contribution in [2.75, 3.05) is 0 Å². The van der Waals surface area contributed by atoms with Crippen LogP contribution in [0.3, 0.4) is 0 Å². The molecule has 0 saturated heterocycles. The molecule has 0 N–H and O–H groups in total. The van der Waals surface area contributed by atoms with E-state index in [0.29, 0.717) is 12.2 Å². The lowest BCUT2D eigenvalue weighted by Gasteiger charge is -2.16. The fourth-order valence-corrected chi connectivity index (χ4v) is 2.37. The van der Waals surface area contributed by atoms with E-state index in [0.717, 1.165) is 18.4 Å². The zero-order valence-electron chi connectivity index (χ0n) is 11.4. The van der Waals surface area contributed by atoms with Crippen LogP contribution in [0.25, 0.3) is 0 Å². The Balaban J connectivity index is 2.22. The van der Waals surface area contributed by atoms with E-state index >= 15 is 0 Å². The van der Waals surface area contributed by atoms with Crippen LogP contribution >= 0.6 is 0 Å². The van der Waals surface area contributed by atoms with Gasteiger partial charge in [0.25, 0.3) is 0 Å². The van der Waals surface area contributed by atoms with E-state index < -0.39 is 0 Å². The molecule has 0 fully saturated rings. The van der Waals surface area contributed by atoms with Crippen molar-refractivity contribution < 1.29 is 4.79 Å². The first-order valence-electron chi connectivity index (χ1n) is 6.93. The van der Waals surface area contributed by atoms with Crippen LogP contribution in [0.5, 0.6) is 0 Å². The SMILES string of the molecule is CCCC(=O)C(Cc1ccccc1)c1ccccc1.